The Balaban J connectivity index is 1.50. The van der Waals surface area contributed by atoms with Crippen molar-refractivity contribution >= 4 is 0 Å². The van der Waals surface area contributed by atoms with Gasteiger partial charge in [0.2, 0.25) is 0 Å². The molecule has 1 aromatic carbocycles. The predicted octanol–water partition coefficient (Wildman–Crippen LogP) is 8.27. The van der Waals surface area contributed by atoms with Gasteiger partial charge in [0.05, 0.1) is 6.08 Å². The molecule has 29 heavy (non-hydrogen) atoms. The second-order valence-corrected chi connectivity index (χ2v) is 8.90. The van der Waals surface area contributed by atoms with Gasteiger partial charge in [0, 0.05) is 5.92 Å². The van der Waals surface area contributed by atoms with Gasteiger partial charge in [-0.25, -0.2) is 8.78 Å². The van der Waals surface area contributed by atoms with Crippen molar-refractivity contribution in [2.75, 3.05) is 0 Å². The molecule has 0 N–H and O–H groups in total. The Morgan fingerprint density at radius 1 is 0.966 bits per heavy atom. The summed E-state index contributed by atoms with van der Waals surface area (Å²) in [5.74, 6) is -0.439. The molecule has 0 nitrogen and oxygen atoms in total. The Morgan fingerprint density at radius 3 is 2.07 bits per heavy atom. The molecular formula is C24H31F5. The maximum atomic E-state index is 14.5. The molecular weight excluding hydrogens is 383 g/mol. The third-order valence-corrected chi connectivity index (χ3v) is 6.95. The summed E-state index contributed by atoms with van der Waals surface area (Å²) in [5.41, 5.74) is 1.87. The number of alkyl halides is 3. The van der Waals surface area contributed by atoms with Gasteiger partial charge in [-0.15, -0.1) is 0 Å². The van der Waals surface area contributed by atoms with E-state index in [2.05, 4.69) is 6.92 Å². The summed E-state index contributed by atoms with van der Waals surface area (Å²) in [6, 6.07) is 5.67. The zero-order chi connectivity index (χ0) is 21.0. The SMILES string of the molecule is CCCc1ccc(C2CCC(C3CCC(/C(F)=C/C(F)(F)F)CC3)CC2)c(F)c1. The molecule has 0 saturated heterocycles. The van der Waals surface area contributed by atoms with E-state index in [-0.39, 0.29) is 17.8 Å². The maximum Gasteiger partial charge on any atom is 0.412 e. The number of aryl methyl sites for hydroxylation is 1. The van der Waals surface area contributed by atoms with Crippen molar-refractivity contribution in [3.63, 3.8) is 0 Å². The molecule has 0 unspecified atom stereocenters. The summed E-state index contributed by atoms with van der Waals surface area (Å²) in [4.78, 5) is 0. The fraction of sp³-hybridized carbons (Fsp3) is 0.667. The molecule has 0 aliphatic heterocycles. The average molecular weight is 415 g/mol. The van der Waals surface area contributed by atoms with Gasteiger partial charge < -0.3 is 0 Å². The van der Waals surface area contributed by atoms with Gasteiger partial charge in [-0.05, 0) is 92.7 Å². The Morgan fingerprint density at radius 2 is 1.55 bits per heavy atom. The minimum absolute atomic E-state index is 0.0909. The number of rotatable bonds is 5. The van der Waals surface area contributed by atoms with Gasteiger partial charge >= 0.3 is 6.18 Å². The highest BCUT2D eigenvalue weighted by Crippen LogP contribution is 2.45. The molecule has 2 aliphatic carbocycles. The van der Waals surface area contributed by atoms with Crippen molar-refractivity contribution in [2.24, 2.45) is 17.8 Å². The van der Waals surface area contributed by atoms with E-state index in [1.165, 1.54) is 0 Å². The lowest BCUT2D eigenvalue weighted by Gasteiger charge is -2.37. The molecule has 3 rings (SSSR count). The third kappa shape index (κ3) is 6.05. The minimum Gasteiger partial charge on any atom is -0.212 e. The molecule has 0 bridgehead atoms. The first-order valence-corrected chi connectivity index (χ1v) is 11.0. The fourth-order valence-corrected chi connectivity index (χ4v) is 5.39. The molecule has 0 aromatic heterocycles. The van der Waals surface area contributed by atoms with Crippen molar-refractivity contribution in [1.29, 1.82) is 0 Å². The number of benzene rings is 1. The summed E-state index contributed by atoms with van der Waals surface area (Å²) in [6.45, 7) is 2.08. The molecule has 0 heterocycles. The van der Waals surface area contributed by atoms with Crippen LogP contribution in [0.3, 0.4) is 0 Å². The first kappa shape index (κ1) is 22.3. The van der Waals surface area contributed by atoms with Crippen molar-refractivity contribution in [3.05, 3.63) is 47.0 Å². The van der Waals surface area contributed by atoms with Crippen LogP contribution in [0, 0.1) is 23.6 Å². The molecule has 2 fully saturated rings. The quantitative estimate of drug-likeness (QED) is 0.425. The zero-order valence-electron chi connectivity index (χ0n) is 17.1. The fourth-order valence-electron chi connectivity index (χ4n) is 5.39. The van der Waals surface area contributed by atoms with Gasteiger partial charge in [0.1, 0.15) is 11.6 Å². The topological polar surface area (TPSA) is 0 Å². The molecule has 0 amide bonds. The smallest absolute Gasteiger partial charge is 0.212 e. The highest BCUT2D eigenvalue weighted by Gasteiger charge is 2.34. The third-order valence-electron chi connectivity index (χ3n) is 6.95. The Kier molecular flexibility index (Phi) is 7.39. The van der Waals surface area contributed by atoms with Crippen LogP contribution < -0.4 is 0 Å². The average Bonchev–Trinajstić information content (AvgIpc) is 2.67. The molecule has 0 radical (unpaired) electrons. The summed E-state index contributed by atoms with van der Waals surface area (Å²) in [5, 5.41) is 0. The van der Waals surface area contributed by atoms with E-state index in [4.69, 9.17) is 0 Å². The van der Waals surface area contributed by atoms with Gasteiger partial charge in [-0.2, -0.15) is 13.2 Å². The van der Waals surface area contributed by atoms with Crippen LogP contribution in [0.4, 0.5) is 22.0 Å². The summed E-state index contributed by atoms with van der Waals surface area (Å²) in [6.07, 6.45) is 3.67. The molecule has 2 aliphatic rings. The standard InChI is InChI=1S/C24H31F5/c1-2-3-16-4-13-21(22(25)14-16)19-9-5-17(6-10-19)18-7-11-20(12-8-18)23(26)15-24(27,28)29/h4,13-15,17-20H,2-3,5-12H2,1H3/b23-15-. The van der Waals surface area contributed by atoms with Crippen LogP contribution in [0.15, 0.2) is 30.1 Å². The highest BCUT2D eigenvalue weighted by atomic mass is 19.4. The zero-order valence-corrected chi connectivity index (χ0v) is 17.1. The lowest BCUT2D eigenvalue weighted by molar-refractivity contribution is -0.0821. The Labute approximate surface area is 170 Å². The van der Waals surface area contributed by atoms with E-state index in [1.54, 1.807) is 6.07 Å². The van der Waals surface area contributed by atoms with E-state index in [0.29, 0.717) is 24.7 Å². The molecule has 0 spiro atoms. The van der Waals surface area contributed by atoms with Crippen LogP contribution in [0.2, 0.25) is 0 Å². The number of hydrogen-bond acceptors (Lipinski definition) is 0. The Hall–Kier alpha value is -1.39. The van der Waals surface area contributed by atoms with Crippen LogP contribution in [0.25, 0.3) is 0 Å². The largest absolute Gasteiger partial charge is 0.412 e. The van der Waals surface area contributed by atoms with Gasteiger partial charge in [0.25, 0.3) is 0 Å². The lowest BCUT2D eigenvalue weighted by Crippen LogP contribution is -2.26. The van der Waals surface area contributed by atoms with Crippen molar-refractivity contribution in [3.8, 4) is 0 Å². The second kappa shape index (κ2) is 9.61. The van der Waals surface area contributed by atoms with Crippen LogP contribution >= 0.6 is 0 Å². The molecule has 162 valence electrons. The molecule has 0 atom stereocenters. The first-order valence-electron chi connectivity index (χ1n) is 11.0. The van der Waals surface area contributed by atoms with E-state index in [1.807, 2.05) is 12.1 Å². The highest BCUT2D eigenvalue weighted by molar-refractivity contribution is 5.27. The van der Waals surface area contributed by atoms with Crippen LogP contribution in [-0.4, -0.2) is 6.18 Å². The van der Waals surface area contributed by atoms with Crippen LogP contribution in [-0.2, 0) is 6.42 Å². The number of halogens is 5. The molecule has 5 heteroatoms. The van der Waals surface area contributed by atoms with Gasteiger partial charge in [-0.3, -0.25) is 0 Å². The van der Waals surface area contributed by atoms with E-state index < -0.39 is 17.9 Å². The molecule has 2 saturated carbocycles. The van der Waals surface area contributed by atoms with E-state index in [9.17, 15) is 22.0 Å². The monoisotopic (exact) mass is 414 g/mol. The minimum atomic E-state index is -4.58. The normalized spacial score (nSPS) is 29.1. The second-order valence-electron chi connectivity index (χ2n) is 8.90. The van der Waals surface area contributed by atoms with E-state index in [0.717, 1.165) is 62.5 Å². The number of allylic oxidation sites excluding steroid dienone is 2. The van der Waals surface area contributed by atoms with Crippen LogP contribution in [0.5, 0.6) is 0 Å². The predicted molar refractivity (Wildman–Crippen MR) is 106 cm³/mol. The summed E-state index contributed by atoms with van der Waals surface area (Å²) < 4.78 is 65.4. The maximum absolute atomic E-state index is 14.5. The number of hydrogen-bond donors (Lipinski definition) is 0. The van der Waals surface area contributed by atoms with Gasteiger partial charge in [0.15, 0.2) is 0 Å². The summed E-state index contributed by atoms with van der Waals surface area (Å²) >= 11 is 0. The first-order chi connectivity index (χ1) is 13.8. The van der Waals surface area contributed by atoms with Crippen molar-refractivity contribution < 1.29 is 22.0 Å². The lowest BCUT2D eigenvalue weighted by atomic mass is 9.68. The van der Waals surface area contributed by atoms with Crippen LogP contribution in [0.1, 0.15) is 81.8 Å². The molecule has 1 aromatic rings. The van der Waals surface area contributed by atoms with Crippen molar-refractivity contribution in [1.82, 2.24) is 0 Å². The van der Waals surface area contributed by atoms with Gasteiger partial charge in [-0.1, -0.05) is 25.5 Å². The van der Waals surface area contributed by atoms with Crippen molar-refractivity contribution in [2.45, 2.75) is 83.2 Å². The Bertz CT molecular complexity index is 690. The van der Waals surface area contributed by atoms with E-state index >= 15 is 0 Å². The summed E-state index contributed by atoms with van der Waals surface area (Å²) in [7, 11) is 0.